The summed E-state index contributed by atoms with van der Waals surface area (Å²) in [6.07, 6.45) is 0.0490. The van der Waals surface area contributed by atoms with E-state index in [9.17, 15) is 27.6 Å². The van der Waals surface area contributed by atoms with Crippen LogP contribution >= 0.6 is 11.6 Å². The summed E-state index contributed by atoms with van der Waals surface area (Å²) in [6, 6.07) is 2.54. The molecule has 2 fully saturated rings. The van der Waals surface area contributed by atoms with E-state index in [1.807, 2.05) is 12.2 Å². The summed E-state index contributed by atoms with van der Waals surface area (Å²) in [6.45, 7) is -0.545. The number of nitrogens with one attached hydrogen (secondary N) is 1. The number of imide groups is 1. The monoisotopic (exact) mass is 398 g/mol. The lowest BCUT2D eigenvalue weighted by Gasteiger charge is -2.17. The second-order valence-corrected chi connectivity index (χ2v) is 7.41. The number of carbonyl (C=O) groups is 3. The topological polar surface area (TPSA) is 66.5 Å². The lowest BCUT2D eigenvalue weighted by Crippen LogP contribution is -2.39. The van der Waals surface area contributed by atoms with Crippen molar-refractivity contribution in [2.45, 2.75) is 12.6 Å². The second-order valence-electron chi connectivity index (χ2n) is 7.00. The van der Waals surface area contributed by atoms with Gasteiger partial charge in [0.2, 0.25) is 17.7 Å². The minimum absolute atomic E-state index is 0.0161. The van der Waals surface area contributed by atoms with E-state index in [1.54, 1.807) is 0 Å². The van der Waals surface area contributed by atoms with Gasteiger partial charge in [-0.05, 0) is 36.5 Å². The van der Waals surface area contributed by atoms with Gasteiger partial charge in [-0.15, -0.1) is 0 Å². The maximum Gasteiger partial charge on any atom is 0.416 e. The van der Waals surface area contributed by atoms with Crippen molar-refractivity contribution in [2.24, 2.45) is 23.7 Å². The third-order valence-electron chi connectivity index (χ3n) is 5.43. The average molecular weight is 399 g/mol. The predicted molar refractivity (Wildman–Crippen MR) is 89.5 cm³/mol. The summed E-state index contributed by atoms with van der Waals surface area (Å²) in [5.41, 5.74) is -1.19. The number of allylic oxidation sites excluding steroid dienone is 2. The molecule has 142 valence electrons. The zero-order valence-corrected chi connectivity index (χ0v) is 14.6. The van der Waals surface area contributed by atoms with Crippen LogP contribution in [0.15, 0.2) is 30.4 Å². The minimum atomic E-state index is -4.59. The molecule has 1 saturated heterocycles. The summed E-state index contributed by atoms with van der Waals surface area (Å²) in [5.74, 6) is -2.41. The van der Waals surface area contributed by atoms with Crippen LogP contribution in [-0.4, -0.2) is 29.2 Å². The number of nitrogens with zero attached hydrogens (tertiary/aromatic N) is 1. The number of likely N-dealkylation sites (tertiary alicyclic amines) is 1. The fourth-order valence-electron chi connectivity index (χ4n) is 4.25. The van der Waals surface area contributed by atoms with E-state index in [0.717, 1.165) is 23.5 Å². The van der Waals surface area contributed by atoms with Crippen LogP contribution in [0, 0.1) is 23.7 Å². The highest BCUT2D eigenvalue weighted by Gasteiger charge is 2.59. The fraction of sp³-hybridized carbons (Fsp3) is 0.389. The Morgan fingerprint density at radius 2 is 1.74 bits per heavy atom. The largest absolute Gasteiger partial charge is 0.416 e. The van der Waals surface area contributed by atoms with Gasteiger partial charge in [-0.3, -0.25) is 19.3 Å². The van der Waals surface area contributed by atoms with Gasteiger partial charge >= 0.3 is 6.18 Å². The van der Waals surface area contributed by atoms with Gasteiger partial charge < -0.3 is 5.32 Å². The fourth-order valence-corrected chi connectivity index (χ4v) is 4.42. The van der Waals surface area contributed by atoms with E-state index in [0.29, 0.717) is 6.07 Å². The first-order valence-electron chi connectivity index (χ1n) is 8.37. The molecule has 0 unspecified atom stereocenters. The van der Waals surface area contributed by atoms with E-state index in [2.05, 4.69) is 5.32 Å². The van der Waals surface area contributed by atoms with Gasteiger partial charge in [0, 0.05) is 0 Å². The Bertz CT molecular complexity index is 853. The van der Waals surface area contributed by atoms with Gasteiger partial charge in [-0.25, -0.2) is 0 Å². The lowest BCUT2D eigenvalue weighted by molar-refractivity contribution is -0.143. The number of rotatable bonds is 3. The van der Waals surface area contributed by atoms with Crippen LogP contribution in [0.3, 0.4) is 0 Å². The van der Waals surface area contributed by atoms with Crippen LogP contribution in [0.4, 0.5) is 18.9 Å². The van der Waals surface area contributed by atoms with Crippen molar-refractivity contribution in [2.75, 3.05) is 11.9 Å². The van der Waals surface area contributed by atoms with Gasteiger partial charge in [0.05, 0.1) is 28.1 Å². The highest BCUT2D eigenvalue weighted by Crippen LogP contribution is 2.52. The predicted octanol–water partition coefficient (Wildman–Crippen LogP) is 3.10. The zero-order valence-electron chi connectivity index (χ0n) is 13.8. The molecule has 27 heavy (non-hydrogen) atoms. The summed E-state index contributed by atoms with van der Waals surface area (Å²) >= 11 is 5.85. The van der Waals surface area contributed by atoms with Crippen LogP contribution in [0.1, 0.15) is 12.0 Å². The molecule has 3 aliphatic rings. The third kappa shape index (κ3) is 2.92. The highest BCUT2D eigenvalue weighted by atomic mass is 35.5. The smallest absolute Gasteiger partial charge is 0.323 e. The number of benzene rings is 1. The number of hydrogen-bond acceptors (Lipinski definition) is 3. The number of fused-ring (bicyclic) bond motifs is 5. The molecular weight excluding hydrogens is 385 g/mol. The number of anilines is 1. The Kier molecular flexibility index (Phi) is 4.06. The standard InChI is InChI=1S/C18H14ClF3N2O3/c19-11-4-3-10(18(20,21)22)6-12(11)23-13(25)7-24-16(26)14-8-1-2-9(5-8)15(14)17(24)27/h1-4,6,8-9,14-15H,5,7H2,(H,23,25)/t8-,9+,14+,15-. The molecule has 1 N–H and O–H groups in total. The molecule has 5 nitrogen and oxygen atoms in total. The van der Waals surface area contributed by atoms with Crippen LogP contribution in [-0.2, 0) is 20.6 Å². The van der Waals surface area contributed by atoms with Crippen molar-refractivity contribution in [3.63, 3.8) is 0 Å². The molecule has 3 amide bonds. The van der Waals surface area contributed by atoms with Crippen molar-refractivity contribution in [1.82, 2.24) is 4.90 Å². The maximum absolute atomic E-state index is 12.8. The number of amides is 3. The molecule has 4 rings (SSSR count). The Morgan fingerprint density at radius 3 is 2.30 bits per heavy atom. The average Bonchev–Trinajstić information content (AvgIpc) is 3.26. The Labute approximate surface area is 157 Å². The van der Waals surface area contributed by atoms with E-state index >= 15 is 0 Å². The van der Waals surface area contributed by atoms with Crippen LogP contribution in [0.5, 0.6) is 0 Å². The van der Waals surface area contributed by atoms with E-state index < -0.39 is 47.8 Å². The normalized spacial score (nSPS) is 28.8. The summed E-state index contributed by atoms with van der Waals surface area (Å²) in [5, 5.41) is 2.19. The quantitative estimate of drug-likeness (QED) is 0.628. The van der Waals surface area contributed by atoms with Gasteiger partial charge in [0.25, 0.3) is 0 Å². The van der Waals surface area contributed by atoms with Crippen molar-refractivity contribution >= 4 is 35.0 Å². The first-order chi connectivity index (χ1) is 12.7. The molecule has 0 spiro atoms. The first kappa shape index (κ1) is 18.0. The minimum Gasteiger partial charge on any atom is -0.323 e. The molecule has 1 aromatic rings. The van der Waals surface area contributed by atoms with Crippen molar-refractivity contribution in [3.05, 3.63) is 40.9 Å². The number of halogens is 4. The Balaban J connectivity index is 1.48. The maximum atomic E-state index is 12.8. The van der Waals surface area contributed by atoms with Crippen LogP contribution < -0.4 is 5.32 Å². The van der Waals surface area contributed by atoms with Gasteiger partial charge in [-0.1, -0.05) is 23.8 Å². The van der Waals surface area contributed by atoms with Crippen LogP contribution in [0.25, 0.3) is 0 Å². The summed E-state index contributed by atoms with van der Waals surface area (Å²) in [7, 11) is 0. The molecule has 0 aromatic heterocycles. The van der Waals surface area contributed by atoms with Crippen molar-refractivity contribution in [3.8, 4) is 0 Å². The third-order valence-corrected chi connectivity index (χ3v) is 5.76. The van der Waals surface area contributed by atoms with E-state index in [1.165, 1.54) is 0 Å². The SMILES string of the molecule is O=C(CN1C(=O)[C@@H]2[C@H](C1=O)[C@H]1C=C[C@@H]2C1)Nc1cc(C(F)(F)F)ccc1Cl. The van der Waals surface area contributed by atoms with Gasteiger partial charge in [0.15, 0.2) is 0 Å². The number of alkyl halides is 3. The Morgan fingerprint density at radius 1 is 1.15 bits per heavy atom. The first-order valence-corrected chi connectivity index (χ1v) is 8.75. The highest BCUT2D eigenvalue weighted by molar-refractivity contribution is 6.33. The summed E-state index contributed by atoms with van der Waals surface area (Å²) < 4.78 is 38.5. The number of carbonyl (C=O) groups excluding carboxylic acids is 3. The van der Waals surface area contributed by atoms with Gasteiger partial charge in [0.1, 0.15) is 6.54 Å². The van der Waals surface area contributed by atoms with E-state index in [4.69, 9.17) is 11.6 Å². The van der Waals surface area contributed by atoms with E-state index in [-0.39, 0.29) is 22.5 Å². The van der Waals surface area contributed by atoms with Gasteiger partial charge in [-0.2, -0.15) is 13.2 Å². The lowest BCUT2D eigenvalue weighted by atomic mass is 9.85. The Hall–Kier alpha value is -2.35. The summed E-state index contributed by atoms with van der Waals surface area (Å²) in [4.78, 5) is 38.2. The molecule has 1 aliphatic heterocycles. The molecule has 1 heterocycles. The molecular formula is C18H14ClF3N2O3. The molecule has 2 aliphatic carbocycles. The molecule has 1 saturated carbocycles. The van der Waals surface area contributed by atoms with Crippen LogP contribution in [0.2, 0.25) is 5.02 Å². The molecule has 4 atom stereocenters. The molecule has 1 aromatic carbocycles. The van der Waals surface area contributed by atoms with Crippen molar-refractivity contribution < 1.29 is 27.6 Å². The number of hydrogen-bond donors (Lipinski definition) is 1. The second kappa shape index (κ2) is 6.09. The zero-order chi connectivity index (χ0) is 19.5. The molecule has 9 heteroatoms. The molecule has 2 bridgehead atoms. The van der Waals surface area contributed by atoms with Crippen molar-refractivity contribution in [1.29, 1.82) is 0 Å². The molecule has 0 radical (unpaired) electrons.